The van der Waals surface area contributed by atoms with Crippen molar-refractivity contribution in [3.63, 3.8) is 0 Å². The molecule has 0 N–H and O–H groups in total. The van der Waals surface area contributed by atoms with Gasteiger partial charge in [-0.2, -0.15) is 13.2 Å². The lowest BCUT2D eigenvalue weighted by molar-refractivity contribution is -0.196. The van der Waals surface area contributed by atoms with Crippen LogP contribution in [-0.4, -0.2) is 24.7 Å². The molecule has 0 saturated carbocycles. The van der Waals surface area contributed by atoms with E-state index in [0.717, 1.165) is 0 Å². The first-order chi connectivity index (χ1) is 6.29. The quantitative estimate of drug-likeness (QED) is 0.400. The average Bonchev–Trinajstić information content (AvgIpc) is 2.02. The Morgan fingerprint density at radius 1 is 1.36 bits per heavy atom. The first kappa shape index (κ1) is 12.5. The number of carbonyl (C=O) groups excluding carboxylic acids is 2. The summed E-state index contributed by atoms with van der Waals surface area (Å²) in [5, 5.41) is 0. The van der Waals surface area contributed by atoms with Crippen molar-refractivity contribution >= 4 is 11.9 Å². The van der Waals surface area contributed by atoms with Crippen molar-refractivity contribution in [2.45, 2.75) is 13.1 Å². The molecule has 0 amide bonds. The maximum atomic E-state index is 11.6. The van der Waals surface area contributed by atoms with Gasteiger partial charge in [0.1, 0.15) is 0 Å². The van der Waals surface area contributed by atoms with Gasteiger partial charge < -0.3 is 9.47 Å². The van der Waals surface area contributed by atoms with E-state index in [1.54, 1.807) is 0 Å². The second-order valence-corrected chi connectivity index (χ2v) is 2.03. The van der Waals surface area contributed by atoms with Crippen LogP contribution in [0, 0.1) is 0 Å². The number of rotatable bonds is 3. The zero-order chi connectivity index (χ0) is 11.4. The van der Waals surface area contributed by atoms with E-state index >= 15 is 0 Å². The highest BCUT2D eigenvalue weighted by Gasteiger charge is 2.42. The maximum Gasteiger partial charge on any atom is 0.491 e. The van der Waals surface area contributed by atoms with Crippen LogP contribution in [0.3, 0.4) is 0 Å². The van der Waals surface area contributed by atoms with Crippen molar-refractivity contribution in [2.24, 2.45) is 0 Å². The highest BCUT2D eigenvalue weighted by molar-refractivity contribution is 5.90. The molecule has 4 nitrogen and oxygen atoms in total. The van der Waals surface area contributed by atoms with Crippen LogP contribution in [0.5, 0.6) is 0 Å². The molecule has 0 unspecified atom stereocenters. The Kier molecular flexibility index (Phi) is 4.13. The molecule has 0 heterocycles. The van der Waals surface area contributed by atoms with Crippen molar-refractivity contribution in [1.29, 1.82) is 0 Å². The number of ether oxygens (including phenoxy) is 2. The normalized spacial score (nSPS) is 10.6. The van der Waals surface area contributed by atoms with Crippen LogP contribution in [-0.2, 0) is 19.1 Å². The molecule has 7 heteroatoms. The third kappa shape index (κ3) is 3.92. The fraction of sp³-hybridized carbons (Fsp3) is 0.429. The van der Waals surface area contributed by atoms with Gasteiger partial charge in [0.2, 0.25) is 5.76 Å². The van der Waals surface area contributed by atoms with Crippen LogP contribution in [0.4, 0.5) is 13.2 Å². The SMILES string of the molecule is C=C(OC(=O)C(F)(F)F)C(=O)OCC. The highest BCUT2D eigenvalue weighted by atomic mass is 19.4. The summed E-state index contributed by atoms with van der Waals surface area (Å²) < 4.78 is 42.6. The lowest BCUT2D eigenvalue weighted by atomic mass is 10.5. The predicted octanol–water partition coefficient (Wildman–Crippen LogP) is 1.17. The Morgan fingerprint density at radius 2 is 1.86 bits per heavy atom. The maximum absolute atomic E-state index is 11.6. The Morgan fingerprint density at radius 3 is 2.21 bits per heavy atom. The molecular formula is C7H7F3O4. The molecule has 0 aliphatic rings. The summed E-state index contributed by atoms with van der Waals surface area (Å²) in [6.07, 6.45) is -5.16. The van der Waals surface area contributed by atoms with Crippen LogP contribution >= 0.6 is 0 Å². The predicted molar refractivity (Wildman–Crippen MR) is 37.9 cm³/mol. The van der Waals surface area contributed by atoms with Gasteiger partial charge in [-0.25, -0.2) is 9.59 Å². The Labute approximate surface area is 77.3 Å². The molecule has 0 saturated heterocycles. The van der Waals surface area contributed by atoms with E-state index in [1.165, 1.54) is 6.92 Å². The van der Waals surface area contributed by atoms with E-state index < -0.39 is 23.9 Å². The topological polar surface area (TPSA) is 52.6 Å². The Bertz CT molecular complexity index is 256. The molecule has 0 aliphatic carbocycles. The number of hydrogen-bond donors (Lipinski definition) is 0. The van der Waals surface area contributed by atoms with Gasteiger partial charge in [0, 0.05) is 0 Å². The van der Waals surface area contributed by atoms with Gasteiger partial charge in [-0.15, -0.1) is 0 Å². The van der Waals surface area contributed by atoms with Crippen LogP contribution in [0.15, 0.2) is 12.3 Å². The fourth-order valence-electron chi connectivity index (χ4n) is 0.423. The number of alkyl halides is 3. The largest absolute Gasteiger partial charge is 0.491 e. The van der Waals surface area contributed by atoms with Crippen LogP contribution in [0.2, 0.25) is 0 Å². The van der Waals surface area contributed by atoms with E-state index in [-0.39, 0.29) is 6.61 Å². The lowest BCUT2D eigenvalue weighted by Crippen LogP contribution is -2.27. The molecule has 0 aromatic heterocycles. The van der Waals surface area contributed by atoms with Crippen LogP contribution in [0.1, 0.15) is 6.92 Å². The highest BCUT2D eigenvalue weighted by Crippen LogP contribution is 2.18. The summed E-state index contributed by atoms with van der Waals surface area (Å²) in [4.78, 5) is 20.8. The molecule has 0 atom stereocenters. The summed E-state index contributed by atoms with van der Waals surface area (Å²) in [6, 6.07) is 0. The Balaban J connectivity index is 4.21. The van der Waals surface area contributed by atoms with Gasteiger partial charge in [-0.1, -0.05) is 0 Å². The van der Waals surface area contributed by atoms with Gasteiger partial charge in [-0.05, 0) is 13.5 Å². The number of halogens is 3. The van der Waals surface area contributed by atoms with Crippen molar-refractivity contribution in [1.82, 2.24) is 0 Å². The average molecular weight is 212 g/mol. The minimum Gasteiger partial charge on any atom is -0.460 e. The summed E-state index contributed by atoms with van der Waals surface area (Å²) >= 11 is 0. The molecule has 0 bridgehead atoms. The van der Waals surface area contributed by atoms with Gasteiger partial charge in [0.05, 0.1) is 6.61 Å². The number of hydrogen-bond acceptors (Lipinski definition) is 4. The first-order valence-corrected chi connectivity index (χ1v) is 3.44. The van der Waals surface area contributed by atoms with Gasteiger partial charge >= 0.3 is 18.1 Å². The molecule has 0 spiro atoms. The van der Waals surface area contributed by atoms with Crippen LogP contribution in [0.25, 0.3) is 0 Å². The fourth-order valence-corrected chi connectivity index (χ4v) is 0.423. The summed E-state index contributed by atoms with van der Waals surface area (Å²) in [7, 11) is 0. The first-order valence-electron chi connectivity index (χ1n) is 3.44. The minimum atomic E-state index is -5.16. The van der Waals surface area contributed by atoms with E-state index in [0.29, 0.717) is 0 Å². The molecular weight excluding hydrogens is 205 g/mol. The van der Waals surface area contributed by atoms with Crippen molar-refractivity contribution < 1.29 is 32.2 Å². The third-order valence-electron chi connectivity index (χ3n) is 0.950. The number of carbonyl (C=O) groups is 2. The van der Waals surface area contributed by atoms with Gasteiger partial charge in [0.15, 0.2) is 0 Å². The minimum absolute atomic E-state index is 0.0541. The summed E-state index contributed by atoms with van der Waals surface area (Å²) in [5.74, 6) is -4.70. The van der Waals surface area contributed by atoms with Crippen molar-refractivity contribution in [3.8, 4) is 0 Å². The van der Waals surface area contributed by atoms with Crippen LogP contribution < -0.4 is 0 Å². The zero-order valence-corrected chi connectivity index (χ0v) is 7.18. The van der Waals surface area contributed by atoms with E-state index in [1.807, 2.05) is 0 Å². The van der Waals surface area contributed by atoms with Gasteiger partial charge in [-0.3, -0.25) is 0 Å². The smallest absolute Gasteiger partial charge is 0.460 e. The molecule has 0 radical (unpaired) electrons. The second-order valence-electron chi connectivity index (χ2n) is 2.03. The molecule has 0 aromatic carbocycles. The van der Waals surface area contributed by atoms with Crippen molar-refractivity contribution in [2.75, 3.05) is 6.61 Å². The third-order valence-corrected chi connectivity index (χ3v) is 0.950. The number of esters is 2. The molecule has 80 valence electrons. The van der Waals surface area contributed by atoms with E-state index in [4.69, 9.17) is 0 Å². The molecule has 0 aliphatic heterocycles. The molecule has 0 rings (SSSR count). The monoisotopic (exact) mass is 212 g/mol. The van der Waals surface area contributed by atoms with Crippen molar-refractivity contribution in [3.05, 3.63) is 12.3 Å². The van der Waals surface area contributed by atoms with Gasteiger partial charge in [0.25, 0.3) is 0 Å². The molecule has 0 fully saturated rings. The summed E-state index contributed by atoms with van der Waals surface area (Å²) in [6.45, 7) is 4.20. The second kappa shape index (κ2) is 4.64. The lowest BCUT2D eigenvalue weighted by Gasteiger charge is -2.07. The van der Waals surface area contributed by atoms with E-state index in [2.05, 4.69) is 16.1 Å². The van der Waals surface area contributed by atoms with E-state index in [9.17, 15) is 22.8 Å². The molecule has 0 aromatic rings. The Hall–Kier alpha value is -1.53. The standard InChI is InChI=1S/C7H7F3O4/c1-3-13-5(11)4(2)14-6(12)7(8,9)10/h2-3H2,1H3. The summed E-state index contributed by atoms with van der Waals surface area (Å²) in [5.41, 5.74) is 0. The zero-order valence-electron chi connectivity index (χ0n) is 7.18. The molecule has 14 heavy (non-hydrogen) atoms.